The number of aliphatic hydroxyl groups is 1. The SMILES string of the molecule is CBr.CBr.CC.CC.COC(=O)[C@H]1OC(=O)N[C@H]1Cc1cccc(Br)c1.COC(=O)[C@H]1OC(=O)N[C@H]1Cc1ccccc1.COC(=O)[C@H]1OC(=O)N[C@H]1Cc1ccccc1.N[C@@H](Cc1cccc(Br)c1)C(=O)O.N[C@@H](Cc1ccccc1)C(=O)O.O=C1N[C@@H](Cc2ccccc2)[C@@H](CO)O1. The van der Waals surface area contributed by atoms with Crippen LogP contribution in [0.4, 0.5) is 19.2 Å². The second-order valence-electron chi connectivity index (χ2n) is 20.5. The van der Waals surface area contributed by atoms with Crippen molar-refractivity contribution in [1.82, 2.24) is 21.3 Å². The number of carbonyl (C=O) groups is 9. The first kappa shape index (κ1) is 89.6. The zero-order valence-electron chi connectivity index (χ0n) is 56.9. The number of nitrogens with one attached hydrogen (secondary N) is 4. The first-order valence-corrected chi connectivity index (χ1v) is 36.0. The average Bonchev–Trinajstić information content (AvgIpc) is 1.75. The molecule has 0 bridgehead atoms. The van der Waals surface area contributed by atoms with E-state index in [9.17, 15) is 43.2 Å². The van der Waals surface area contributed by atoms with E-state index in [0.29, 0.717) is 38.5 Å². The number of alkyl halides is 2. The predicted octanol–water partition coefficient (Wildman–Crippen LogP) is 10.2. The third kappa shape index (κ3) is 34.1. The molecule has 10 atom stereocenters. The van der Waals surface area contributed by atoms with Crippen molar-refractivity contribution in [2.24, 2.45) is 11.5 Å². The van der Waals surface area contributed by atoms with Crippen molar-refractivity contribution in [1.29, 1.82) is 0 Å². The van der Waals surface area contributed by atoms with E-state index in [1.165, 1.54) is 21.3 Å². The molecule has 4 fully saturated rings. The van der Waals surface area contributed by atoms with Gasteiger partial charge < -0.3 is 81.2 Å². The second-order valence-corrected chi connectivity index (χ2v) is 22.3. The molecule has 0 aliphatic carbocycles. The van der Waals surface area contributed by atoms with Gasteiger partial charge in [-0.15, -0.1) is 0 Å². The molecule has 6 aromatic rings. The zero-order valence-corrected chi connectivity index (χ0v) is 63.3. The maximum atomic E-state index is 11.5. The highest BCUT2D eigenvalue weighted by Crippen LogP contribution is 2.21. The van der Waals surface area contributed by atoms with Crippen LogP contribution in [0, 0.1) is 0 Å². The minimum absolute atomic E-state index is 0.134. The molecule has 0 saturated carbocycles. The molecule has 546 valence electrons. The molecule has 4 amide bonds. The number of aliphatic hydroxyl groups excluding tert-OH is 1. The van der Waals surface area contributed by atoms with E-state index >= 15 is 0 Å². The van der Waals surface area contributed by atoms with Crippen molar-refractivity contribution >= 4 is 118 Å². The Kier molecular flexibility index (Phi) is 46.3. The molecule has 4 saturated heterocycles. The molecule has 4 heterocycles. The number of methoxy groups -OCH3 is 3. The van der Waals surface area contributed by atoms with Gasteiger partial charge in [0.25, 0.3) is 0 Å². The summed E-state index contributed by atoms with van der Waals surface area (Å²) in [6.07, 6.45) is -2.27. The number of carboxylic acid groups (broad SMARTS) is 2. The Labute approximate surface area is 616 Å². The number of benzene rings is 6. The van der Waals surface area contributed by atoms with Crippen molar-refractivity contribution in [3.63, 3.8) is 0 Å². The molecule has 100 heavy (non-hydrogen) atoms. The number of esters is 3. The molecule has 0 spiro atoms. The van der Waals surface area contributed by atoms with Crippen LogP contribution in [0.3, 0.4) is 0 Å². The van der Waals surface area contributed by atoms with E-state index in [0.717, 1.165) is 42.3 Å². The van der Waals surface area contributed by atoms with Gasteiger partial charge in [-0.25, -0.2) is 33.6 Å². The smallest absolute Gasteiger partial charge is 0.408 e. The van der Waals surface area contributed by atoms with Gasteiger partial charge >= 0.3 is 54.2 Å². The average molecular weight is 1650 g/mol. The summed E-state index contributed by atoms with van der Waals surface area (Å²) in [5.41, 5.74) is 16.8. The Balaban J connectivity index is 0.000000590. The highest BCUT2D eigenvalue weighted by molar-refractivity contribution is 9.10. The fourth-order valence-electron chi connectivity index (χ4n) is 9.16. The van der Waals surface area contributed by atoms with E-state index in [1.54, 1.807) is 0 Å². The Morgan fingerprint density at radius 2 is 0.670 bits per heavy atom. The maximum absolute atomic E-state index is 11.5. The van der Waals surface area contributed by atoms with Crippen LogP contribution in [0.25, 0.3) is 0 Å². The highest BCUT2D eigenvalue weighted by atomic mass is 79.9. The second kappa shape index (κ2) is 51.7. The minimum atomic E-state index is -0.972. The molecular weight excluding hydrogens is 1560 g/mol. The number of amides is 4. The quantitative estimate of drug-likeness (QED) is 0.0219. The molecule has 25 nitrogen and oxygen atoms in total. The number of cyclic esters (lactones) is 4. The van der Waals surface area contributed by atoms with E-state index < -0.39 is 96.8 Å². The fraction of sp³-hybridized carbons (Fsp3) is 0.366. The first-order chi connectivity index (χ1) is 48.1. The van der Waals surface area contributed by atoms with E-state index in [-0.39, 0.29) is 24.7 Å². The fourth-order valence-corrected chi connectivity index (χ4v) is 10.1. The van der Waals surface area contributed by atoms with Crippen molar-refractivity contribution < 1.29 is 91.6 Å². The zero-order chi connectivity index (χ0) is 75.1. The molecule has 0 radical (unpaired) electrons. The third-order valence-corrected chi connectivity index (χ3v) is 14.7. The summed E-state index contributed by atoms with van der Waals surface area (Å²) < 4.78 is 35.2. The Hall–Kier alpha value is -8.45. The number of halogens is 4. The lowest BCUT2D eigenvalue weighted by molar-refractivity contribution is -0.150. The van der Waals surface area contributed by atoms with Crippen LogP contribution in [-0.4, -0.2) is 170 Å². The monoisotopic (exact) mass is 1650 g/mol. The molecule has 0 unspecified atom stereocenters. The Morgan fingerprint density at radius 3 is 0.980 bits per heavy atom. The van der Waals surface area contributed by atoms with E-state index in [4.69, 9.17) is 45.7 Å². The number of hydrogen-bond acceptors (Lipinski definition) is 19. The molecular formula is C71H90Br4N6O19. The summed E-state index contributed by atoms with van der Waals surface area (Å²) >= 11 is 12.5. The van der Waals surface area contributed by atoms with Crippen LogP contribution < -0.4 is 32.7 Å². The Morgan fingerprint density at radius 1 is 0.410 bits per heavy atom. The summed E-state index contributed by atoms with van der Waals surface area (Å²) in [4.78, 5) is 99.6. The number of aliphatic carboxylic acids is 2. The number of alkyl carbamates (subject to hydrolysis) is 4. The minimum Gasteiger partial charge on any atom is -0.480 e. The van der Waals surface area contributed by atoms with Crippen molar-refractivity contribution in [3.8, 4) is 0 Å². The van der Waals surface area contributed by atoms with Gasteiger partial charge in [0.05, 0.1) is 52.1 Å². The lowest BCUT2D eigenvalue weighted by atomic mass is 10.0. The van der Waals surface area contributed by atoms with Crippen molar-refractivity contribution in [3.05, 3.63) is 212 Å². The first-order valence-electron chi connectivity index (χ1n) is 31.2. The van der Waals surface area contributed by atoms with Gasteiger partial charge in [-0.2, -0.15) is 0 Å². The van der Waals surface area contributed by atoms with Crippen LogP contribution in [0.2, 0.25) is 0 Å². The highest BCUT2D eigenvalue weighted by Gasteiger charge is 2.42. The number of nitrogens with two attached hydrogens (primary N) is 2. The van der Waals surface area contributed by atoms with Crippen LogP contribution >= 0.6 is 63.7 Å². The lowest BCUT2D eigenvalue weighted by Crippen LogP contribution is -2.38. The van der Waals surface area contributed by atoms with Gasteiger partial charge in [-0.05, 0) is 108 Å². The van der Waals surface area contributed by atoms with Gasteiger partial charge in [0.1, 0.15) is 18.2 Å². The van der Waals surface area contributed by atoms with E-state index in [2.05, 4.69) is 99.2 Å². The Bertz CT molecular complexity index is 3290. The van der Waals surface area contributed by atoms with Crippen LogP contribution in [-0.2, 0) is 95.7 Å². The molecule has 11 N–H and O–H groups in total. The van der Waals surface area contributed by atoms with Crippen LogP contribution in [0.1, 0.15) is 61.1 Å². The van der Waals surface area contributed by atoms with Crippen molar-refractivity contribution in [2.45, 2.75) is 127 Å². The van der Waals surface area contributed by atoms with Crippen LogP contribution in [0.15, 0.2) is 179 Å². The third-order valence-electron chi connectivity index (χ3n) is 13.7. The number of hydrogen-bond donors (Lipinski definition) is 9. The normalized spacial score (nSPS) is 18.8. The van der Waals surface area contributed by atoms with Crippen LogP contribution in [0.5, 0.6) is 0 Å². The topological polar surface area (TPSA) is 379 Å². The number of rotatable bonds is 18. The van der Waals surface area contributed by atoms with Gasteiger partial charge in [0.15, 0.2) is 0 Å². The van der Waals surface area contributed by atoms with Gasteiger partial charge in [-0.1, -0.05) is 237 Å². The molecule has 4 aliphatic heterocycles. The summed E-state index contributed by atoms with van der Waals surface area (Å²) in [6, 6.07) is 50.5. The maximum Gasteiger partial charge on any atom is 0.408 e. The summed E-state index contributed by atoms with van der Waals surface area (Å²) in [5, 5.41) is 36.6. The summed E-state index contributed by atoms with van der Waals surface area (Å²) in [6.45, 7) is 7.86. The molecule has 0 aromatic heterocycles. The molecule has 10 rings (SSSR count). The number of ether oxygens (including phenoxy) is 7. The van der Waals surface area contributed by atoms with Gasteiger partial charge in [0.2, 0.25) is 18.3 Å². The predicted molar refractivity (Wildman–Crippen MR) is 392 cm³/mol. The molecule has 4 aliphatic rings. The largest absolute Gasteiger partial charge is 0.480 e. The van der Waals surface area contributed by atoms with Gasteiger partial charge in [0, 0.05) is 8.95 Å². The standard InChI is InChI=1S/C12H12BrNO4.2C12H13NO4.C11H13NO3.C9H10BrNO2.C9H11NO2.2C2H6.2CH3Br/c1-17-11(15)10-9(14-12(16)18-10)6-7-3-2-4-8(13)5-7;2*1-16-11(14)10-9(13-12(15)17-10)7-8-5-3-2-4-6-8;13-7-10-9(12-11(14)15-10)6-8-4-2-1-3-5-8;10-7-3-1-2-6(4-7)5-8(11)9(12)13;10-8(9(11)12)6-7-4-2-1-3-5-7;4*1-2/h2-5,9-10H,6H2,1H3,(H,14,16);2*2-6,9-10H,7H2,1H3,(H,13,15);1-5,9-10,13H,6-7H2,(H,12,14);1-4,8H,5,11H2,(H,12,13);1-5,8H,6,10H2,(H,11,12);2*1-2H3;2*1H3/t3*9-,10-;9-,10+;2*8-;;;;/m000000..../s1. The lowest BCUT2D eigenvalue weighted by Gasteiger charge is -2.14. The van der Waals surface area contributed by atoms with E-state index in [1.807, 2.05) is 209 Å². The number of carboxylic acids is 2. The summed E-state index contributed by atoms with van der Waals surface area (Å²) in [7, 11) is 3.81. The van der Waals surface area contributed by atoms with Gasteiger partial charge in [-0.3, -0.25) is 9.59 Å². The van der Waals surface area contributed by atoms with Crippen molar-refractivity contribution in [2.75, 3.05) is 39.6 Å². The molecule has 29 heteroatoms. The number of carbonyl (C=O) groups excluding carboxylic acids is 7. The molecule has 6 aromatic carbocycles. The summed E-state index contributed by atoms with van der Waals surface area (Å²) in [5.74, 6) is 0.0701.